The Balaban J connectivity index is 2.84. The Morgan fingerprint density at radius 1 is 1.12 bits per heavy atom. The summed E-state index contributed by atoms with van der Waals surface area (Å²) in [5.41, 5.74) is 1.07. The largest absolute Gasteiger partial charge is 0.394 e. The van der Waals surface area contributed by atoms with Gasteiger partial charge in [-0.15, -0.1) is 0 Å². The van der Waals surface area contributed by atoms with Crippen LogP contribution in [0.1, 0.15) is 0 Å². The van der Waals surface area contributed by atoms with Gasteiger partial charge in [-0.2, -0.15) is 0 Å². The van der Waals surface area contributed by atoms with E-state index in [1.54, 1.807) is 0 Å². The fourth-order valence-corrected chi connectivity index (χ4v) is 1.04. The maximum atomic E-state index is 9.09. The zero-order valence-electron chi connectivity index (χ0n) is 8.59. The first-order valence-electron chi connectivity index (χ1n) is 4.59. The number of nitrogens with two attached hydrogens (primary N) is 1. The third kappa shape index (κ3) is 2.76. The number of nitrogens with zero attached hydrogens (tertiary/aromatic N) is 2. The Bertz CT molecular complexity index is 323. The van der Waals surface area contributed by atoms with Crippen LogP contribution in [0.2, 0.25) is 0 Å². The molecule has 0 saturated carbocycles. The average Bonchev–Trinajstić information content (AvgIpc) is 2.36. The van der Waals surface area contributed by atoms with Crippen LogP contribution in [0.5, 0.6) is 0 Å². The number of hydrazine groups is 1. The molecule has 7 N–H and O–H groups in total. The Morgan fingerprint density at radius 3 is 2.19 bits per heavy atom. The van der Waals surface area contributed by atoms with Crippen molar-refractivity contribution < 1.29 is 15.3 Å². The van der Waals surface area contributed by atoms with E-state index in [-0.39, 0.29) is 5.82 Å². The van der Waals surface area contributed by atoms with Crippen molar-refractivity contribution in [3.8, 4) is 0 Å². The van der Waals surface area contributed by atoms with Crippen LogP contribution in [0, 0.1) is 0 Å². The van der Waals surface area contributed by atoms with Crippen molar-refractivity contribution in [2.75, 3.05) is 30.6 Å². The van der Waals surface area contributed by atoms with Crippen LogP contribution in [-0.4, -0.2) is 50.6 Å². The van der Waals surface area contributed by atoms with Crippen molar-refractivity contribution in [2.45, 2.75) is 5.54 Å². The summed E-state index contributed by atoms with van der Waals surface area (Å²) in [6.07, 6.45) is 2.79. The molecule has 0 aliphatic heterocycles. The smallest absolute Gasteiger partial charge is 0.160 e. The van der Waals surface area contributed by atoms with Gasteiger partial charge in [-0.25, -0.2) is 10.8 Å². The number of rotatable bonds is 6. The van der Waals surface area contributed by atoms with Crippen molar-refractivity contribution in [3.05, 3.63) is 12.4 Å². The van der Waals surface area contributed by atoms with Gasteiger partial charge in [0.05, 0.1) is 32.2 Å². The standard InChI is InChI=1S/C8H15N5O3/c9-13-7-2-10-1-6(11-7)12-8(3-14,4-15)5-16/h1-2,14-16H,3-5,9H2,(H2,11,12,13). The van der Waals surface area contributed by atoms with Gasteiger partial charge >= 0.3 is 0 Å². The average molecular weight is 229 g/mol. The second kappa shape index (κ2) is 5.56. The van der Waals surface area contributed by atoms with Gasteiger partial charge in [-0.1, -0.05) is 0 Å². The summed E-state index contributed by atoms with van der Waals surface area (Å²) in [4.78, 5) is 7.81. The van der Waals surface area contributed by atoms with Crippen LogP contribution in [-0.2, 0) is 0 Å². The molecule has 0 saturated heterocycles. The zero-order valence-corrected chi connectivity index (χ0v) is 8.59. The number of aliphatic hydroxyl groups excluding tert-OH is 3. The van der Waals surface area contributed by atoms with E-state index in [9.17, 15) is 0 Å². The molecule has 0 aliphatic carbocycles. The second-order valence-corrected chi connectivity index (χ2v) is 3.31. The van der Waals surface area contributed by atoms with Gasteiger partial charge in [0, 0.05) is 0 Å². The van der Waals surface area contributed by atoms with Crippen molar-refractivity contribution >= 4 is 11.6 Å². The van der Waals surface area contributed by atoms with Crippen LogP contribution < -0.4 is 16.6 Å². The minimum Gasteiger partial charge on any atom is -0.394 e. The van der Waals surface area contributed by atoms with E-state index in [2.05, 4.69) is 20.7 Å². The van der Waals surface area contributed by atoms with Gasteiger partial charge in [-0.3, -0.25) is 4.98 Å². The summed E-state index contributed by atoms with van der Waals surface area (Å²) in [5, 5.41) is 30.0. The third-order valence-electron chi connectivity index (χ3n) is 2.08. The number of aliphatic hydroxyl groups is 3. The van der Waals surface area contributed by atoms with E-state index < -0.39 is 25.4 Å². The lowest BCUT2D eigenvalue weighted by Crippen LogP contribution is -2.49. The molecule has 8 heteroatoms. The first-order chi connectivity index (χ1) is 7.69. The first kappa shape index (κ1) is 12.6. The van der Waals surface area contributed by atoms with E-state index in [1.807, 2.05) is 0 Å². The molecule has 90 valence electrons. The van der Waals surface area contributed by atoms with E-state index >= 15 is 0 Å². The SMILES string of the molecule is NNc1cncc(NC(CO)(CO)CO)n1. The number of hydrogen-bond donors (Lipinski definition) is 6. The highest BCUT2D eigenvalue weighted by molar-refractivity contribution is 5.42. The minimum atomic E-state index is -1.23. The highest BCUT2D eigenvalue weighted by atomic mass is 16.3. The highest BCUT2D eigenvalue weighted by Crippen LogP contribution is 2.13. The first-order valence-corrected chi connectivity index (χ1v) is 4.59. The molecule has 0 bridgehead atoms. The molecule has 0 amide bonds. The lowest BCUT2D eigenvalue weighted by Gasteiger charge is -2.29. The minimum absolute atomic E-state index is 0.285. The van der Waals surface area contributed by atoms with Crippen LogP contribution in [0.25, 0.3) is 0 Å². The topological polar surface area (TPSA) is 137 Å². The van der Waals surface area contributed by atoms with E-state index in [0.29, 0.717) is 5.82 Å². The highest BCUT2D eigenvalue weighted by Gasteiger charge is 2.28. The molecule has 8 nitrogen and oxygen atoms in total. The Kier molecular flexibility index (Phi) is 4.38. The van der Waals surface area contributed by atoms with Gasteiger partial charge in [0.1, 0.15) is 11.4 Å². The number of hydrogen-bond acceptors (Lipinski definition) is 8. The summed E-state index contributed by atoms with van der Waals surface area (Å²) in [6.45, 7) is -1.33. The molecule has 1 rings (SSSR count). The van der Waals surface area contributed by atoms with E-state index in [0.717, 1.165) is 0 Å². The predicted molar refractivity (Wildman–Crippen MR) is 57.5 cm³/mol. The molecular weight excluding hydrogens is 214 g/mol. The molecule has 1 aromatic rings. The number of nitrogens with one attached hydrogen (secondary N) is 2. The molecule has 1 heterocycles. The van der Waals surface area contributed by atoms with E-state index in [1.165, 1.54) is 12.4 Å². The molecule has 1 aromatic heterocycles. The van der Waals surface area contributed by atoms with Gasteiger partial charge in [0.25, 0.3) is 0 Å². The molecule has 0 aromatic carbocycles. The molecule has 0 unspecified atom stereocenters. The summed E-state index contributed by atoms with van der Waals surface area (Å²) < 4.78 is 0. The van der Waals surface area contributed by atoms with Crippen molar-refractivity contribution in [1.82, 2.24) is 9.97 Å². The van der Waals surface area contributed by atoms with Crippen LogP contribution in [0.15, 0.2) is 12.4 Å². The monoisotopic (exact) mass is 229 g/mol. The van der Waals surface area contributed by atoms with Gasteiger partial charge < -0.3 is 26.1 Å². The summed E-state index contributed by atoms with van der Waals surface area (Å²) >= 11 is 0. The summed E-state index contributed by atoms with van der Waals surface area (Å²) in [5.74, 6) is 5.76. The summed E-state index contributed by atoms with van der Waals surface area (Å²) in [6, 6.07) is 0. The lowest BCUT2D eigenvalue weighted by molar-refractivity contribution is 0.0831. The van der Waals surface area contributed by atoms with Gasteiger partial charge in [0.15, 0.2) is 5.82 Å². The Morgan fingerprint density at radius 2 is 1.69 bits per heavy atom. The Hall–Kier alpha value is -1.48. The second-order valence-electron chi connectivity index (χ2n) is 3.31. The van der Waals surface area contributed by atoms with Gasteiger partial charge in [0.2, 0.25) is 0 Å². The van der Waals surface area contributed by atoms with Crippen molar-refractivity contribution in [2.24, 2.45) is 5.84 Å². The van der Waals surface area contributed by atoms with Crippen LogP contribution >= 0.6 is 0 Å². The van der Waals surface area contributed by atoms with E-state index in [4.69, 9.17) is 21.2 Å². The number of anilines is 2. The number of nitrogen functional groups attached to an aromatic ring is 1. The zero-order chi connectivity index (χ0) is 12.0. The fourth-order valence-electron chi connectivity index (χ4n) is 1.04. The normalized spacial score (nSPS) is 11.2. The molecule has 16 heavy (non-hydrogen) atoms. The Labute approximate surface area is 92.1 Å². The number of aromatic nitrogens is 2. The van der Waals surface area contributed by atoms with Crippen LogP contribution in [0.4, 0.5) is 11.6 Å². The quantitative estimate of drug-likeness (QED) is 0.241. The molecule has 0 aliphatic rings. The maximum absolute atomic E-state index is 9.09. The summed E-state index contributed by atoms with van der Waals surface area (Å²) in [7, 11) is 0. The molecule has 0 fully saturated rings. The molecule has 0 spiro atoms. The van der Waals surface area contributed by atoms with Crippen LogP contribution in [0.3, 0.4) is 0 Å². The van der Waals surface area contributed by atoms with Crippen molar-refractivity contribution in [3.63, 3.8) is 0 Å². The third-order valence-corrected chi connectivity index (χ3v) is 2.08. The van der Waals surface area contributed by atoms with Crippen molar-refractivity contribution in [1.29, 1.82) is 0 Å². The molecule has 0 atom stereocenters. The predicted octanol–water partition coefficient (Wildman–Crippen LogP) is -2.11. The lowest BCUT2D eigenvalue weighted by atomic mass is 10.0. The fraction of sp³-hybridized carbons (Fsp3) is 0.500. The molecule has 0 radical (unpaired) electrons. The molecular formula is C8H15N5O3. The van der Waals surface area contributed by atoms with Gasteiger partial charge in [-0.05, 0) is 0 Å². The maximum Gasteiger partial charge on any atom is 0.160 e.